The first-order valence-electron chi connectivity index (χ1n) is 6.48. The molecular weight excluding hydrogens is 228 g/mol. The minimum atomic E-state index is 0.145. The van der Waals surface area contributed by atoms with Crippen molar-refractivity contribution >= 4 is 17.3 Å². The molecule has 2 aliphatic heterocycles. The maximum absolute atomic E-state index is 12.0. The highest BCUT2D eigenvalue weighted by Gasteiger charge is 2.28. The molecule has 1 atom stereocenters. The predicted octanol–water partition coefficient (Wildman–Crippen LogP) is 1.65. The average Bonchev–Trinajstić information content (AvgIpc) is 2.89. The summed E-state index contributed by atoms with van der Waals surface area (Å²) in [6, 6.07) is 8.06. The Morgan fingerprint density at radius 3 is 2.83 bits per heavy atom. The highest BCUT2D eigenvalue weighted by atomic mass is 16.5. The Kier molecular flexibility index (Phi) is 2.96. The van der Waals surface area contributed by atoms with Gasteiger partial charge < -0.3 is 14.5 Å². The van der Waals surface area contributed by atoms with Crippen LogP contribution in [0.3, 0.4) is 0 Å². The van der Waals surface area contributed by atoms with Gasteiger partial charge in [0.15, 0.2) is 0 Å². The lowest BCUT2D eigenvalue weighted by Gasteiger charge is -2.36. The third kappa shape index (κ3) is 1.97. The zero-order valence-electron chi connectivity index (χ0n) is 10.6. The van der Waals surface area contributed by atoms with E-state index in [0.717, 1.165) is 37.4 Å². The second-order valence-electron chi connectivity index (χ2n) is 4.96. The van der Waals surface area contributed by atoms with E-state index in [1.54, 1.807) is 4.90 Å². The van der Waals surface area contributed by atoms with Gasteiger partial charge in [-0.15, -0.1) is 0 Å². The summed E-state index contributed by atoms with van der Waals surface area (Å²) in [6.07, 6.45) is 2.51. The van der Waals surface area contributed by atoms with E-state index in [9.17, 15) is 4.79 Å². The van der Waals surface area contributed by atoms with Crippen LogP contribution in [0.25, 0.3) is 0 Å². The van der Waals surface area contributed by atoms with Gasteiger partial charge in [0.2, 0.25) is 5.91 Å². The molecule has 0 bridgehead atoms. The Balaban J connectivity index is 1.86. The lowest BCUT2D eigenvalue weighted by atomic mass is 10.1. The van der Waals surface area contributed by atoms with Gasteiger partial charge in [-0.1, -0.05) is 12.1 Å². The summed E-state index contributed by atoms with van der Waals surface area (Å²) >= 11 is 0. The molecule has 96 valence electrons. The molecule has 3 rings (SSSR count). The fourth-order valence-electron chi connectivity index (χ4n) is 2.70. The number of nitrogens with zero attached hydrogens (tertiary/aromatic N) is 2. The minimum absolute atomic E-state index is 0.145. The van der Waals surface area contributed by atoms with Crippen molar-refractivity contribution in [2.24, 2.45) is 0 Å². The van der Waals surface area contributed by atoms with Crippen molar-refractivity contribution in [2.75, 3.05) is 36.5 Å². The summed E-state index contributed by atoms with van der Waals surface area (Å²) in [4.78, 5) is 15.9. The molecule has 1 saturated heterocycles. The van der Waals surface area contributed by atoms with E-state index in [2.05, 4.69) is 11.0 Å². The zero-order valence-corrected chi connectivity index (χ0v) is 10.6. The van der Waals surface area contributed by atoms with Crippen LogP contribution < -0.4 is 9.80 Å². The maximum atomic E-state index is 12.0. The molecule has 1 aromatic rings. The largest absolute Gasteiger partial charge is 0.376 e. The number of carbonyl (C=O) groups excluding carboxylic acids is 1. The van der Waals surface area contributed by atoms with E-state index in [1.165, 1.54) is 0 Å². The Bertz CT molecular complexity index is 455. The minimum Gasteiger partial charge on any atom is -0.376 e. The molecule has 0 spiro atoms. The van der Waals surface area contributed by atoms with E-state index in [-0.39, 0.29) is 12.0 Å². The third-order valence-electron chi connectivity index (χ3n) is 3.73. The van der Waals surface area contributed by atoms with Crippen LogP contribution in [-0.4, -0.2) is 38.8 Å². The van der Waals surface area contributed by atoms with Gasteiger partial charge in [-0.2, -0.15) is 0 Å². The summed E-state index contributed by atoms with van der Waals surface area (Å²) in [5, 5.41) is 0. The molecule has 1 unspecified atom stereocenters. The Labute approximate surface area is 107 Å². The lowest BCUT2D eigenvalue weighted by molar-refractivity contribution is -0.117. The number of anilines is 2. The molecule has 0 aliphatic carbocycles. The summed E-state index contributed by atoms with van der Waals surface area (Å²) < 4.78 is 5.67. The molecule has 1 aromatic carbocycles. The van der Waals surface area contributed by atoms with Gasteiger partial charge in [-0.25, -0.2) is 0 Å². The summed E-state index contributed by atoms with van der Waals surface area (Å²) in [5.41, 5.74) is 2.13. The number of ether oxygens (including phenoxy) is 1. The van der Waals surface area contributed by atoms with Gasteiger partial charge in [-0.05, 0) is 25.0 Å². The fraction of sp³-hybridized carbons (Fsp3) is 0.500. The molecule has 18 heavy (non-hydrogen) atoms. The van der Waals surface area contributed by atoms with Crippen LogP contribution in [0.5, 0.6) is 0 Å². The summed E-state index contributed by atoms with van der Waals surface area (Å²) in [5.74, 6) is 0.145. The van der Waals surface area contributed by atoms with Crippen LogP contribution in [0.4, 0.5) is 11.4 Å². The lowest BCUT2D eigenvalue weighted by Crippen LogP contribution is -2.46. The Hall–Kier alpha value is -1.55. The molecule has 2 aliphatic rings. The quantitative estimate of drug-likeness (QED) is 0.795. The van der Waals surface area contributed by atoms with Crippen molar-refractivity contribution in [1.29, 1.82) is 0 Å². The monoisotopic (exact) mass is 246 g/mol. The van der Waals surface area contributed by atoms with Crippen LogP contribution in [0.1, 0.15) is 12.8 Å². The average molecular weight is 246 g/mol. The van der Waals surface area contributed by atoms with Crippen molar-refractivity contribution in [3.8, 4) is 0 Å². The van der Waals surface area contributed by atoms with Gasteiger partial charge in [0.25, 0.3) is 0 Å². The van der Waals surface area contributed by atoms with Crippen LogP contribution in [0.15, 0.2) is 24.3 Å². The van der Waals surface area contributed by atoms with Crippen LogP contribution in [-0.2, 0) is 9.53 Å². The molecule has 0 N–H and O–H groups in total. The number of hydrogen-bond acceptors (Lipinski definition) is 3. The molecule has 0 radical (unpaired) electrons. The highest BCUT2D eigenvalue weighted by molar-refractivity contribution is 6.02. The van der Waals surface area contributed by atoms with Crippen molar-refractivity contribution in [2.45, 2.75) is 18.9 Å². The second kappa shape index (κ2) is 4.61. The smallest absolute Gasteiger partial charge is 0.246 e. The normalized spacial score (nSPS) is 23.4. The zero-order chi connectivity index (χ0) is 12.5. The van der Waals surface area contributed by atoms with Gasteiger partial charge >= 0.3 is 0 Å². The van der Waals surface area contributed by atoms with Crippen molar-refractivity contribution in [3.63, 3.8) is 0 Å². The van der Waals surface area contributed by atoms with Crippen LogP contribution in [0, 0.1) is 0 Å². The Morgan fingerprint density at radius 2 is 2.11 bits per heavy atom. The first kappa shape index (κ1) is 11.5. The molecule has 0 aromatic heterocycles. The SMILES string of the molecule is CN1C(=O)CN(CC2CCCO2)c2ccccc21. The van der Waals surface area contributed by atoms with E-state index < -0.39 is 0 Å². The summed E-state index contributed by atoms with van der Waals surface area (Å²) in [7, 11) is 1.84. The van der Waals surface area contributed by atoms with E-state index in [4.69, 9.17) is 4.74 Å². The number of carbonyl (C=O) groups is 1. The molecular formula is C14H18N2O2. The van der Waals surface area contributed by atoms with Gasteiger partial charge in [0.1, 0.15) is 0 Å². The van der Waals surface area contributed by atoms with Crippen LogP contribution in [0.2, 0.25) is 0 Å². The number of rotatable bonds is 2. The fourth-order valence-corrected chi connectivity index (χ4v) is 2.70. The molecule has 4 heteroatoms. The number of likely N-dealkylation sites (N-methyl/N-ethyl adjacent to an activating group) is 1. The standard InChI is InChI=1S/C14H18N2O2/c1-15-12-6-2-3-7-13(12)16(10-14(15)17)9-11-5-4-8-18-11/h2-3,6-7,11H,4-5,8-10H2,1H3. The van der Waals surface area contributed by atoms with Gasteiger partial charge in [0.05, 0.1) is 24.0 Å². The molecule has 1 fully saturated rings. The first-order valence-corrected chi connectivity index (χ1v) is 6.48. The first-order chi connectivity index (χ1) is 8.75. The number of benzene rings is 1. The Morgan fingerprint density at radius 1 is 1.33 bits per heavy atom. The van der Waals surface area contributed by atoms with Crippen molar-refractivity contribution < 1.29 is 9.53 Å². The maximum Gasteiger partial charge on any atom is 0.246 e. The van der Waals surface area contributed by atoms with E-state index in [0.29, 0.717) is 6.54 Å². The second-order valence-corrected chi connectivity index (χ2v) is 4.96. The number of amides is 1. The predicted molar refractivity (Wildman–Crippen MR) is 71.0 cm³/mol. The molecule has 2 heterocycles. The number of fused-ring (bicyclic) bond motifs is 1. The number of para-hydroxylation sites is 2. The van der Waals surface area contributed by atoms with E-state index in [1.807, 2.05) is 25.2 Å². The third-order valence-corrected chi connectivity index (χ3v) is 3.73. The van der Waals surface area contributed by atoms with Gasteiger partial charge in [0, 0.05) is 20.2 Å². The number of hydrogen-bond donors (Lipinski definition) is 0. The summed E-state index contributed by atoms with van der Waals surface area (Å²) in [6.45, 7) is 2.12. The molecule has 4 nitrogen and oxygen atoms in total. The van der Waals surface area contributed by atoms with Crippen molar-refractivity contribution in [1.82, 2.24) is 0 Å². The highest BCUT2D eigenvalue weighted by Crippen LogP contribution is 2.33. The van der Waals surface area contributed by atoms with Crippen molar-refractivity contribution in [3.05, 3.63) is 24.3 Å². The van der Waals surface area contributed by atoms with Gasteiger partial charge in [-0.3, -0.25) is 4.79 Å². The topological polar surface area (TPSA) is 32.8 Å². The molecule has 0 saturated carbocycles. The van der Waals surface area contributed by atoms with Crippen LogP contribution >= 0.6 is 0 Å². The molecule has 1 amide bonds. The van der Waals surface area contributed by atoms with E-state index >= 15 is 0 Å².